The predicted octanol–water partition coefficient (Wildman–Crippen LogP) is 2.39. The van der Waals surface area contributed by atoms with E-state index in [1.807, 2.05) is 31.2 Å². The molecule has 0 aliphatic heterocycles. The van der Waals surface area contributed by atoms with E-state index in [9.17, 15) is 14.1 Å². The quantitative estimate of drug-likeness (QED) is 0.840. The number of benzene rings is 1. The van der Waals surface area contributed by atoms with Crippen LogP contribution in [-0.2, 0) is 20.3 Å². The zero-order valence-electron chi connectivity index (χ0n) is 14.3. The van der Waals surface area contributed by atoms with E-state index in [0.717, 1.165) is 12.0 Å². The van der Waals surface area contributed by atoms with E-state index in [-0.39, 0.29) is 41.0 Å². The van der Waals surface area contributed by atoms with Gasteiger partial charge >= 0.3 is 0 Å². The largest absolute Gasteiger partial charge is 0.493 e. The summed E-state index contributed by atoms with van der Waals surface area (Å²) in [7, 11) is 0.0950. The molecule has 0 spiro atoms. The van der Waals surface area contributed by atoms with Gasteiger partial charge in [0, 0.05) is 16.7 Å². The lowest BCUT2D eigenvalue weighted by Crippen LogP contribution is -2.52. The number of fused-ring (bicyclic) bond motifs is 5. The van der Waals surface area contributed by atoms with Crippen LogP contribution in [0.5, 0.6) is 0 Å². The average molecular weight is 358 g/mol. The van der Waals surface area contributed by atoms with E-state index in [1.54, 1.807) is 0 Å². The molecule has 3 aliphatic carbocycles. The van der Waals surface area contributed by atoms with Gasteiger partial charge in [-0.05, 0) is 43.4 Å². The van der Waals surface area contributed by atoms with Crippen LogP contribution in [0, 0.1) is 30.6 Å². The lowest BCUT2D eigenvalue weighted by atomic mass is 9.67. The minimum atomic E-state index is -1.35. The second-order valence-corrected chi connectivity index (χ2v) is 8.82. The number of carbonyl (C=O) groups excluding carboxylic acids is 1. The van der Waals surface area contributed by atoms with E-state index < -0.39 is 16.4 Å². The fourth-order valence-corrected chi connectivity index (χ4v) is 6.00. The highest BCUT2D eigenvalue weighted by molar-refractivity contribution is 7.85. The van der Waals surface area contributed by atoms with Gasteiger partial charge in [0.1, 0.15) is 5.60 Å². The monoisotopic (exact) mass is 358 g/mol. The smallest absolute Gasteiger partial charge is 0.201 e. The van der Waals surface area contributed by atoms with Gasteiger partial charge in [0.25, 0.3) is 0 Å². The number of hydrogen-bond acceptors (Lipinski definition) is 4. The van der Waals surface area contributed by atoms with Crippen molar-refractivity contribution in [1.29, 1.82) is 0 Å². The second-order valence-electron chi connectivity index (χ2n) is 7.37. The number of methoxy groups -OCH3 is 1. The van der Waals surface area contributed by atoms with Crippen LogP contribution in [0.15, 0.2) is 53.1 Å². The molecule has 0 heterocycles. The highest BCUT2D eigenvalue weighted by Crippen LogP contribution is 2.55. The summed E-state index contributed by atoms with van der Waals surface area (Å²) in [6.45, 7) is 1.98. The Balaban J connectivity index is 1.69. The molecule has 6 atom stereocenters. The van der Waals surface area contributed by atoms with Crippen LogP contribution < -0.4 is 0 Å². The third-order valence-corrected chi connectivity index (χ3v) is 7.35. The van der Waals surface area contributed by atoms with Crippen LogP contribution >= 0.6 is 0 Å². The summed E-state index contributed by atoms with van der Waals surface area (Å²) in [5.41, 5.74) is -0.202. The molecule has 5 heteroatoms. The summed E-state index contributed by atoms with van der Waals surface area (Å²) in [6, 6.07) is 7.51. The van der Waals surface area contributed by atoms with Crippen LogP contribution in [0.2, 0.25) is 0 Å². The van der Waals surface area contributed by atoms with Crippen LogP contribution in [-0.4, -0.2) is 33.6 Å². The minimum Gasteiger partial charge on any atom is -0.493 e. The number of carbonyl (C=O) groups is 1. The number of Topliss-reactive ketones (excluding diaryl/α,β-unsaturated/α-hetero) is 1. The minimum absolute atomic E-state index is 0.0323. The molecule has 3 aliphatic rings. The summed E-state index contributed by atoms with van der Waals surface area (Å²) in [4.78, 5) is 13.4. The number of aliphatic hydroxyl groups is 1. The zero-order chi connectivity index (χ0) is 17.8. The molecule has 0 radical (unpaired) electrons. The lowest BCUT2D eigenvalue weighted by Gasteiger charge is -2.42. The van der Waals surface area contributed by atoms with Gasteiger partial charge in [-0.1, -0.05) is 29.8 Å². The van der Waals surface area contributed by atoms with E-state index in [2.05, 4.69) is 12.2 Å². The molecular formula is C20H22O4S. The Labute approximate surface area is 150 Å². The summed E-state index contributed by atoms with van der Waals surface area (Å²) in [6.07, 6.45) is 6.58. The molecule has 1 aromatic carbocycles. The molecule has 4 nitrogen and oxygen atoms in total. The standard InChI is InChI=1S/C20H22O4S/c1-12-3-7-15(8-4-12)25(23)11-20(22)10-16(24-2)19(21)17-13-5-6-14(9-13)18(17)20/h3-8,10,13-14,17-18,22H,9,11H2,1-2H3/t13-,14+,17-,18+,20+,25-/m1/s1. The summed E-state index contributed by atoms with van der Waals surface area (Å²) in [5, 5.41) is 11.4. The average Bonchev–Trinajstić information content (AvgIpc) is 3.20. The number of allylic oxidation sites excluding steroid dienone is 3. The van der Waals surface area contributed by atoms with Gasteiger partial charge in [0.2, 0.25) is 5.78 Å². The van der Waals surface area contributed by atoms with Crippen molar-refractivity contribution in [3.8, 4) is 0 Å². The van der Waals surface area contributed by atoms with Crippen LogP contribution in [0.3, 0.4) is 0 Å². The molecule has 2 bridgehead atoms. The fraction of sp³-hybridized carbons (Fsp3) is 0.450. The van der Waals surface area contributed by atoms with Gasteiger partial charge < -0.3 is 9.84 Å². The first-order valence-electron chi connectivity index (χ1n) is 8.60. The Morgan fingerprint density at radius 3 is 2.60 bits per heavy atom. The molecule has 4 rings (SSSR count). The first kappa shape index (κ1) is 16.7. The van der Waals surface area contributed by atoms with Gasteiger partial charge in [0.05, 0.1) is 23.7 Å². The molecule has 0 saturated heterocycles. The van der Waals surface area contributed by atoms with Crippen molar-refractivity contribution in [1.82, 2.24) is 0 Å². The SMILES string of the molecule is COC1=C[C@](O)(C[S@@](=O)c2ccc(C)cc2)[C@@H]2[C@H](C1=O)[C@@H]1C=C[C@H]2C1. The molecule has 1 fully saturated rings. The van der Waals surface area contributed by atoms with Crippen LogP contribution in [0.25, 0.3) is 0 Å². The van der Waals surface area contributed by atoms with Crippen molar-refractivity contribution in [2.45, 2.75) is 23.8 Å². The topological polar surface area (TPSA) is 63.6 Å². The zero-order valence-corrected chi connectivity index (χ0v) is 15.2. The molecule has 1 N–H and O–H groups in total. The van der Waals surface area contributed by atoms with Gasteiger partial charge in [-0.15, -0.1) is 0 Å². The maximum Gasteiger partial charge on any atom is 0.201 e. The number of ether oxygens (including phenoxy) is 1. The molecular weight excluding hydrogens is 336 g/mol. The Morgan fingerprint density at radius 2 is 1.92 bits per heavy atom. The first-order valence-corrected chi connectivity index (χ1v) is 9.91. The maximum atomic E-state index is 12.9. The van der Waals surface area contributed by atoms with E-state index in [0.29, 0.717) is 4.90 Å². The molecule has 0 amide bonds. The van der Waals surface area contributed by atoms with Crippen molar-refractivity contribution in [3.63, 3.8) is 0 Å². The molecule has 25 heavy (non-hydrogen) atoms. The summed E-state index contributed by atoms with van der Waals surface area (Å²) < 4.78 is 18.1. The number of ketones is 1. The van der Waals surface area contributed by atoms with Gasteiger partial charge in [0.15, 0.2) is 5.76 Å². The van der Waals surface area contributed by atoms with Crippen LogP contribution in [0.1, 0.15) is 12.0 Å². The Bertz CT molecular complexity index is 794. The van der Waals surface area contributed by atoms with Crippen LogP contribution in [0.4, 0.5) is 0 Å². The van der Waals surface area contributed by atoms with Crippen molar-refractivity contribution >= 4 is 16.6 Å². The van der Waals surface area contributed by atoms with E-state index >= 15 is 0 Å². The van der Waals surface area contributed by atoms with Crippen molar-refractivity contribution in [2.24, 2.45) is 23.7 Å². The molecule has 0 unspecified atom stereocenters. The van der Waals surface area contributed by atoms with Gasteiger partial charge in [-0.3, -0.25) is 9.00 Å². The maximum absolute atomic E-state index is 12.9. The van der Waals surface area contributed by atoms with Crippen molar-refractivity contribution < 1.29 is 18.8 Å². The van der Waals surface area contributed by atoms with Crippen molar-refractivity contribution in [2.75, 3.05) is 12.9 Å². The normalized spacial score (nSPS) is 36.9. The molecule has 1 saturated carbocycles. The Morgan fingerprint density at radius 1 is 1.24 bits per heavy atom. The predicted molar refractivity (Wildman–Crippen MR) is 95.2 cm³/mol. The number of aryl methyl sites for hydroxylation is 1. The highest BCUT2D eigenvalue weighted by Gasteiger charge is 2.59. The Kier molecular flexibility index (Phi) is 3.96. The van der Waals surface area contributed by atoms with Gasteiger partial charge in [-0.25, -0.2) is 0 Å². The molecule has 1 aromatic rings. The summed E-state index contributed by atoms with van der Waals surface area (Å²) >= 11 is 0. The van der Waals surface area contributed by atoms with Crippen molar-refractivity contribution in [3.05, 3.63) is 53.8 Å². The Hall–Kier alpha value is -1.72. The third-order valence-electron chi connectivity index (χ3n) is 5.83. The number of rotatable bonds is 4. The second kappa shape index (κ2) is 5.92. The molecule has 132 valence electrons. The van der Waals surface area contributed by atoms with E-state index in [1.165, 1.54) is 13.2 Å². The van der Waals surface area contributed by atoms with E-state index in [4.69, 9.17) is 4.74 Å². The summed E-state index contributed by atoms with van der Waals surface area (Å²) in [5.74, 6) is 0.0716. The first-order chi connectivity index (χ1) is 11.9. The molecule has 0 aromatic heterocycles. The van der Waals surface area contributed by atoms with Gasteiger partial charge in [-0.2, -0.15) is 0 Å². The third kappa shape index (κ3) is 2.61. The highest BCUT2D eigenvalue weighted by atomic mass is 32.2. The number of hydrogen-bond donors (Lipinski definition) is 1. The fourth-order valence-electron chi connectivity index (χ4n) is 4.70. The lowest BCUT2D eigenvalue weighted by molar-refractivity contribution is -0.130.